The first-order valence-corrected chi connectivity index (χ1v) is 11.4. The minimum atomic E-state index is -4.48. The Kier molecular flexibility index (Phi) is 6.11. The second kappa shape index (κ2) is 8.62. The third-order valence-corrected chi connectivity index (χ3v) is 7.30. The number of carboxylic acid groups (broad SMARTS) is 1. The van der Waals surface area contributed by atoms with E-state index in [1.807, 2.05) is 13.8 Å². The zero-order valence-corrected chi connectivity index (χ0v) is 19.2. The van der Waals surface area contributed by atoms with Crippen LogP contribution in [0.2, 0.25) is 0 Å². The number of anilines is 2. The molecule has 11 heteroatoms. The van der Waals surface area contributed by atoms with Gasteiger partial charge in [0.2, 0.25) is 0 Å². The third-order valence-electron chi connectivity index (χ3n) is 6.08. The molecule has 1 saturated carbocycles. The van der Waals surface area contributed by atoms with E-state index in [0.29, 0.717) is 27.8 Å². The molecule has 1 fully saturated rings. The van der Waals surface area contributed by atoms with Gasteiger partial charge in [0.1, 0.15) is 22.2 Å². The number of pyridine rings is 2. The van der Waals surface area contributed by atoms with Gasteiger partial charge in [-0.1, -0.05) is 19.9 Å². The summed E-state index contributed by atoms with van der Waals surface area (Å²) in [7, 11) is 0. The average Bonchev–Trinajstić information content (AvgIpc) is 3.24. The van der Waals surface area contributed by atoms with E-state index < -0.39 is 34.6 Å². The zero-order chi connectivity index (χ0) is 24.7. The van der Waals surface area contributed by atoms with Crippen molar-refractivity contribution >= 4 is 28.9 Å². The molecule has 3 heterocycles. The molecule has 1 aliphatic carbocycles. The van der Waals surface area contributed by atoms with Crippen LogP contribution in [0.15, 0.2) is 42.7 Å². The van der Waals surface area contributed by atoms with Gasteiger partial charge < -0.3 is 15.5 Å². The van der Waals surface area contributed by atoms with Crippen LogP contribution < -0.4 is 5.32 Å². The predicted molar refractivity (Wildman–Crippen MR) is 121 cm³/mol. The summed E-state index contributed by atoms with van der Waals surface area (Å²) in [5.74, 6) is -1.09. The molecule has 3 N–H and O–H groups in total. The van der Waals surface area contributed by atoms with Gasteiger partial charge in [0.15, 0.2) is 0 Å². The summed E-state index contributed by atoms with van der Waals surface area (Å²) in [6, 6.07) is 6.84. The van der Waals surface area contributed by atoms with Gasteiger partial charge in [-0.2, -0.15) is 13.2 Å². The third kappa shape index (κ3) is 4.90. The van der Waals surface area contributed by atoms with E-state index in [2.05, 4.69) is 20.3 Å². The summed E-state index contributed by atoms with van der Waals surface area (Å²) in [5.41, 5.74) is -2.13. The van der Waals surface area contributed by atoms with Crippen molar-refractivity contribution in [2.75, 3.05) is 5.32 Å². The van der Waals surface area contributed by atoms with Crippen LogP contribution in [0, 0.1) is 11.3 Å². The van der Waals surface area contributed by atoms with Crippen molar-refractivity contribution in [3.63, 3.8) is 0 Å². The molecular weight excluding hydrogens is 469 g/mol. The molecule has 0 unspecified atom stereocenters. The summed E-state index contributed by atoms with van der Waals surface area (Å²) in [5, 5.41) is 24.1. The minimum Gasteiger partial charge on any atom is -0.481 e. The number of aromatic nitrogens is 3. The van der Waals surface area contributed by atoms with Gasteiger partial charge in [0, 0.05) is 12.4 Å². The fourth-order valence-electron chi connectivity index (χ4n) is 4.44. The van der Waals surface area contributed by atoms with Crippen LogP contribution >= 0.6 is 11.3 Å². The van der Waals surface area contributed by atoms with E-state index >= 15 is 0 Å². The highest BCUT2D eigenvalue weighted by Crippen LogP contribution is 2.50. The molecule has 0 aromatic carbocycles. The molecule has 7 nitrogen and oxygen atoms in total. The van der Waals surface area contributed by atoms with Gasteiger partial charge >= 0.3 is 12.1 Å². The van der Waals surface area contributed by atoms with Crippen LogP contribution in [-0.2, 0) is 16.6 Å². The Bertz CT molecular complexity index is 1210. The maximum absolute atomic E-state index is 13.0. The Morgan fingerprint density at radius 2 is 1.97 bits per heavy atom. The number of carbonyl (C=O) groups is 1. The summed E-state index contributed by atoms with van der Waals surface area (Å²) in [6.45, 7) is 3.67. The van der Waals surface area contributed by atoms with Crippen molar-refractivity contribution in [1.82, 2.24) is 15.0 Å². The molecule has 4 rings (SSSR count). The van der Waals surface area contributed by atoms with Crippen LogP contribution in [-0.4, -0.2) is 31.1 Å². The number of thiazole rings is 1. The largest absolute Gasteiger partial charge is 0.481 e. The lowest BCUT2D eigenvalue weighted by molar-refractivity contribution is -0.154. The summed E-state index contributed by atoms with van der Waals surface area (Å²) < 4.78 is 38.9. The molecule has 0 amide bonds. The van der Waals surface area contributed by atoms with Crippen LogP contribution in [0.5, 0.6) is 0 Å². The maximum atomic E-state index is 13.0. The van der Waals surface area contributed by atoms with Gasteiger partial charge in [0.25, 0.3) is 0 Å². The van der Waals surface area contributed by atoms with E-state index in [4.69, 9.17) is 0 Å². The second-order valence-corrected chi connectivity index (χ2v) is 10.1. The van der Waals surface area contributed by atoms with E-state index in [9.17, 15) is 28.2 Å². The minimum absolute atomic E-state index is 0.0104. The highest BCUT2D eigenvalue weighted by Gasteiger charge is 2.49. The van der Waals surface area contributed by atoms with Gasteiger partial charge in [-0.05, 0) is 48.9 Å². The number of aliphatic hydroxyl groups is 1. The summed E-state index contributed by atoms with van der Waals surface area (Å²) >= 11 is 1.26. The van der Waals surface area contributed by atoms with Crippen molar-refractivity contribution < 1.29 is 28.2 Å². The van der Waals surface area contributed by atoms with Crippen molar-refractivity contribution in [3.05, 3.63) is 53.3 Å². The Hall–Kier alpha value is -3.05. The fraction of sp³-hybridized carbons (Fsp3) is 0.391. The van der Waals surface area contributed by atoms with Crippen LogP contribution in [0.4, 0.5) is 24.8 Å². The molecule has 3 aromatic heterocycles. The van der Waals surface area contributed by atoms with Crippen molar-refractivity contribution in [3.8, 4) is 10.6 Å². The van der Waals surface area contributed by atoms with Gasteiger partial charge in [-0.3, -0.25) is 4.79 Å². The summed E-state index contributed by atoms with van der Waals surface area (Å²) in [6.07, 6.45) is -0.924. The van der Waals surface area contributed by atoms with Crippen LogP contribution in [0.1, 0.15) is 43.7 Å². The first kappa shape index (κ1) is 24.1. The molecule has 180 valence electrons. The number of aliphatic carboxylic acids is 1. The van der Waals surface area contributed by atoms with Crippen molar-refractivity contribution in [2.45, 2.75) is 44.9 Å². The fourth-order valence-corrected chi connectivity index (χ4v) is 5.44. The van der Waals surface area contributed by atoms with E-state index in [-0.39, 0.29) is 18.7 Å². The van der Waals surface area contributed by atoms with Crippen molar-refractivity contribution in [1.29, 1.82) is 0 Å². The molecule has 0 radical (unpaired) electrons. The Balaban J connectivity index is 1.55. The van der Waals surface area contributed by atoms with Crippen LogP contribution in [0.3, 0.4) is 0 Å². The second-order valence-electron chi connectivity index (χ2n) is 9.12. The van der Waals surface area contributed by atoms with Gasteiger partial charge in [-0.15, -0.1) is 11.3 Å². The number of nitrogens with one attached hydrogen (secondary N) is 1. The molecule has 0 aliphatic heterocycles. The Labute approximate surface area is 197 Å². The van der Waals surface area contributed by atoms with E-state index in [1.54, 1.807) is 24.4 Å². The number of alkyl halides is 3. The van der Waals surface area contributed by atoms with E-state index in [0.717, 1.165) is 18.3 Å². The number of halogens is 3. The average molecular weight is 493 g/mol. The molecule has 34 heavy (non-hydrogen) atoms. The molecule has 2 atom stereocenters. The number of rotatable bonds is 5. The lowest BCUT2D eigenvalue weighted by Gasteiger charge is -2.44. The first-order valence-electron chi connectivity index (χ1n) is 10.6. The number of hydrogen-bond acceptors (Lipinski definition) is 7. The Morgan fingerprint density at radius 1 is 1.21 bits per heavy atom. The SMILES string of the molecule is CC1(C)C[C@](O)(c2ncc(-c3cccc(Nc4cc(C(F)(F)F)ccn4)n3)s2)CC[C@H]1C(=O)O. The molecule has 0 saturated heterocycles. The van der Waals surface area contributed by atoms with E-state index in [1.165, 1.54) is 11.3 Å². The maximum Gasteiger partial charge on any atom is 0.416 e. The molecular formula is C23H23F3N4O3S. The standard InChI is InChI=1S/C23H23F3N4O3S/c1-21(2)12-22(33,8-6-14(21)19(31)32)20-28-11-16(34-20)15-4-3-5-17(29-15)30-18-10-13(7-9-27-18)23(24,25)26/h3-5,7,9-11,14,33H,6,8,12H2,1-2H3,(H,31,32)(H,27,29,30)/t14-,22-/m0/s1. The van der Waals surface area contributed by atoms with Gasteiger partial charge in [0.05, 0.1) is 22.1 Å². The number of nitrogens with zero attached hydrogens (tertiary/aromatic N) is 3. The topological polar surface area (TPSA) is 108 Å². The number of hydrogen-bond donors (Lipinski definition) is 3. The normalized spacial score (nSPS) is 22.4. The molecule has 3 aromatic rings. The smallest absolute Gasteiger partial charge is 0.416 e. The lowest BCUT2D eigenvalue weighted by atomic mass is 9.63. The number of carboxylic acids is 1. The van der Waals surface area contributed by atoms with Crippen molar-refractivity contribution in [2.24, 2.45) is 11.3 Å². The quantitative estimate of drug-likeness (QED) is 0.434. The molecule has 0 spiro atoms. The predicted octanol–water partition coefficient (Wildman–Crippen LogP) is 5.46. The van der Waals surface area contributed by atoms with Gasteiger partial charge in [-0.25, -0.2) is 15.0 Å². The lowest BCUT2D eigenvalue weighted by Crippen LogP contribution is -2.44. The Morgan fingerprint density at radius 3 is 2.65 bits per heavy atom. The first-order chi connectivity index (χ1) is 15.9. The zero-order valence-electron chi connectivity index (χ0n) is 18.4. The molecule has 1 aliphatic rings. The monoisotopic (exact) mass is 492 g/mol. The molecule has 0 bridgehead atoms. The highest BCUT2D eigenvalue weighted by molar-refractivity contribution is 7.15. The van der Waals surface area contributed by atoms with Crippen LogP contribution in [0.25, 0.3) is 10.6 Å². The highest BCUT2D eigenvalue weighted by atomic mass is 32.1. The summed E-state index contributed by atoms with van der Waals surface area (Å²) in [4.78, 5) is 25.0.